The maximum absolute atomic E-state index is 12.1. The predicted molar refractivity (Wildman–Crippen MR) is 64.2 cm³/mol. The molecule has 0 N–H and O–H groups in total. The summed E-state index contributed by atoms with van der Waals surface area (Å²) in [5.74, 6) is -0.264. The number of ether oxygens (including phenoxy) is 2. The van der Waals surface area contributed by atoms with Crippen molar-refractivity contribution >= 4 is 33.5 Å². The van der Waals surface area contributed by atoms with Gasteiger partial charge in [0.1, 0.15) is 0 Å². The molecule has 1 aliphatic heterocycles. The van der Waals surface area contributed by atoms with E-state index in [1.54, 1.807) is 18.2 Å². The molecule has 90 valence electrons. The van der Waals surface area contributed by atoms with Gasteiger partial charge in [-0.05, 0) is 28.1 Å². The second kappa shape index (κ2) is 4.46. The van der Waals surface area contributed by atoms with Crippen LogP contribution in [0.5, 0.6) is 0 Å². The van der Waals surface area contributed by atoms with Crippen molar-refractivity contribution < 1.29 is 19.1 Å². The molecular formula is C11H10BrNO4. The molecule has 1 aromatic rings. The zero-order valence-corrected chi connectivity index (χ0v) is 10.9. The third-order valence-electron chi connectivity index (χ3n) is 2.55. The number of carbonyl (C=O) groups excluding carboxylic acids is 2. The Balaban J connectivity index is 2.58. The highest BCUT2D eigenvalue weighted by atomic mass is 79.9. The number of nitrogens with zero attached hydrogens (tertiary/aromatic N) is 1. The van der Waals surface area contributed by atoms with E-state index in [-0.39, 0.29) is 5.78 Å². The lowest BCUT2D eigenvalue weighted by Crippen LogP contribution is -2.41. The fourth-order valence-electron chi connectivity index (χ4n) is 1.83. The number of hydrogen-bond acceptors (Lipinski definition) is 4. The highest BCUT2D eigenvalue weighted by Crippen LogP contribution is 2.37. The SMILES string of the molecule is COC(=O)N1c2cccc(Br)c2C(=O)C1OC. The first-order chi connectivity index (χ1) is 8.11. The molecule has 1 atom stereocenters. The summed E-state index contributed by atoms with van der Waals surface area (Å²) in [4.78, 5) is 24.9. The smallest absolute Gasteiger partial charge is 0.416 e. The summed E-state index contributed by atoms with van der Waals surface area (Å²) in [6.45, 7) is 0. The van der Waals surface area contributed by atoms with Gasteiger partial charge in [0.25, 0.3) is 0 Å². The lowest BCUT2D eigenvalue weighted by molar-refractivity contribution is 0.0615. The molecule has 0 saturated carbocycles. The van der Waals surface area contributed by atoms with Gasteiger partial charge in [0, 0.05) is 11.6 Å². The van der Waals surface area contributed by atoms with Crippen LogP contribution in [0.3, 0.4) is 0 Å². The second-order valence-corrected chi connectivity index (χ2v) is 4.28. The fourth-order valence-corrected chi connectivity index (χ4v) is 2.38. The number of carbonyl (C=O) groups is 2. The first kappa shape index (κ1) is 12.1. The van der Waals surface area contributed by atoms with E-state index in [2.05, 4.69) is 20.7 Å². The normalized spacial score (nSPS) is 18.2. The van der Waals surface area contributed by atoms with Crippen LogP contribution in [0.15, 0.2) is 22.7 Å². The Kier molecular flexibility index (Phi) is 3.17. The third kappa shape index (κ3) is 1.73. The largest absolute Gasteiger partial charge is 0.452 e. The Morgan fingerprint density at radius 1 is 1.41 bits per heavy atom. The van der Waals surface area contributed by atoms with E-state index < -0.39 is 12.3 Å². The van der Waals surface area contributed by atoms with E-state index in [1.165, 1.54) is 19.1 Å². The maximum Gasteiger partial charge on any atom is 0.416 e. The Hall–Kier alpha value is -1.40. The van der Waals surface area contributed by atoms with Crippen LogP contribution in [-0.4, -0.2) is 32.3 Å². The van der Waals surface area contributed by atoms with Crippen molar-refractivity contribution in [3.63, 3.8) is 0 Å². The van der Waals surface area contributed by atoms with Gasteiger partial charge in [0.05, 0.1) is 18.4 Å². The summed E-state index contributed by atoms with van der Waals surface area (Å²) < 4.78 is 10.3. The first-order valence-corrected chi connectivity index (χ1v) is 5.63. The predicted octanol–water partition coefficient (Wildman–Crippen LogP) is 2.19. The number of anilines is 1. The molecule has 0 bridgehead atoms. The monoisotopic (exact) mass is 299 g/mol. The van der Waals surface area contributed by atoms with Crippen LogP contribution in [0.25, 0.3) is 0 Å². The van der Waals surface area contributed by atoms with Crippen molar-refractivity contribution in [1.29, 1.82) is 0 Å². The van der Waals surface area contributed by atoms with Crippen LogP contribution in [0, 0.1) is 0 Å². The number of Topliss-reactive ketones (excluding diaryl/α,β-unsaturated/α-hetero) is 1. The van der Waals surface area contributed by atoms with E-state index in [1.807, 2.05) is 0 Å². The topological polar surface area (TPSA) is 55.8 Å². The maximum atomic E-state index is 12.1. The van der Waals surface area contributed by atoms with Crippen molar-refractivity contribution in [2.24, 2.45) is 0 Å². The number of benzene rings is 1. The van der Waals surface area contributed by atoms with E-state index >= 15 is 0 Å². The van der Waals surface area contributed by atoms with E-state index in [0.29, 0.717) is 15.7 Å². The van der Waals surface area contributed by atoms with Gasteiger partial charge in [-0.2, -0.15) is 0 Å². The number of hydrogen-bond donors (Lipinski definition) is 0. The van der Waals surface area contributed by atoms with Crippen molar-refractivity contribution in [1.82, 2.24) is 0 Å². The van der Waals surface area contributed by atoms with Crippen molar-refractivity contribution in [3.05, 3.63) is 28.2 Å². The molecular weight excluding hydrogens is 290 g/mol. The fraction of sp³-hybridized carbons (Fsp3) is 0.273. The molecule has 17 heavy (non-hydrogen) atoms. The van der Waals surface area contributed by atoms with Gasteiger partial charge in [0.15, 0.2) is 0 Å². The van der Waals surface area contributed by atoms with Crippen LogP contribution in [0.2, 0.25) is 0 Å². The number of amides is 1. The Labute approximate surface area is 106 Å². The van der Waals surface area contributed by atoms with Crippen LogP contribution < -0.4 is 4.90 Å². The second-order valence-electron chi connectivity index (χ2n) is 3.43. The van der Waals surface area contributed by atoms with Gasteiger partial charge in [-0.3, -0.25) is 4.79 Å². The molecule has 1 heterocycles. The summed E-state index contributed by atoms with van der Waals surface area (Å²) in [6.07, 6.45) is -1.59. The number of halogens is 1. The first-order valence-electron chi connectivity index (χ1n) is 4.84. The molecule has 5 nitrogen and oxygen atoms in total. The number of ketones is 1. The molecule has 1 amide bonds. The molecule has 6 heteroatoms. The summed E-state index contributed by atoms with van der Waals surface area (Å²) in [5, 5.41) is 0. The summed E-state index contributed by atoms with van der Waals surface area (Å²) in [6, 6.07) is 5.16. The Bertz CT molecular complexity index is 488. The lowest BCUT2D eigenvalue weighted by Gasteiger charge is -2.21. The van der Waals surface area contributed by atoms with Gasteiger partial charge >= 0.3 is 6.09 Å². The molecule has 0 aliphatic carbocycles. The quantitative estimate of drug-likeness (QED) is 0.798. The lowest BCUT2D eigenvalue weighted by atomic mass is 10.1. The van der Waals surface area contributed by atoms with Crippen LogP contribution in [-0.2, 0) is 9.47 Å². The molecule has 0 radical (unpaired) electrons. The van der Waals surface area contributed by atoms with Crippen molar-refractivity contribution in [2.45, 2.75) is 6.23 Å². The minimum absolute atomic E-state index is 0.264. The molecule has 2 rings (SSSR count). The van der Waals surface area contributed by atoms with Crippen molar-refractivity contribution in [3.8, 4) is 0 Å². The van der Waals surface area contributed by atoms with Crippen LogP contribution in [0.1, 0.15) is 10.4 Å². The highest BCUT2D eigenvalue weighted by Gasteiger charge is 2.42. The summed E-state index contributed by atoms with van der Waals surface area (Å²) >= 11 is 3.29. The van der Waals surface area contributed by atoms with E-state index in [9.17, 15) is 9.59 Å². The molecule has 1 unspecified atom stereocenters. The van der Waals surface area contributed by atoms with Crippen molar-refractivity contribution in [2.75, 3.05) is 19.1 Å². The van der Waals surface area contributed by atoms with E-state index in [4.69, 9.17) is 4.74 Å². The minimum atomic E-state index is -0.962. The number of rotatable bonds is 1. The van der Waals surface area contributed by atoms with Gasteiger partial charge in [-0.25, -0.2) is 9.69 Å². The number of methoxy groups -OCH3 is 2. The summed E-state index contributed by atoms with van der Waals surface area (Å²) in [5.41, 5.74) is 0.924. The van der Waals surface area contributed by atoms with Gasteiger partial charge in [0.2, 0.25) is 12.0 Å². The highest BCUT2D eigenvalue weighted by molar-refractivity contribution is 9.10. The Morgan fingerprint density at radius 3 is 2.71 bits per heavy atom. The van der Waals surface area contributed by atoms with Gasteiger partial charge in [-0.15, -0.1) is 0 Å². The minimum Gasteiger partial charge on any atom is -0.452 e. The average Bonchev–Trinajstić information content (AvgIpc) is 2.62. The van der Waals surface area contributed by atoms with E-state index in [0.717, 1.165) is 0 Å². The zero-order chi connectivity index (χ0) is 12.6. The molecule has 1 aromatic carbocycles. The molecule has 0 aromatic heterocycles. The van der Waals surface area contributed by atoms with Crippen LogP contribution in [0.4, 0.5) is 10.5 Å². The standard InChI is InChI=1S/C11H10BrNO4/c1-16-10-9(14)8-6(12)4-3-5-7(8)13(10)11(15)17-2/h3-5,10H,1-2H3. The molecule has 0 spiro atoms. The molecule has 0 saturated heterocycles. The number of fused-ring (bicyclic) bond motifs is 1. The van der Waals surface area contributed by atoms with Gasteiger partial charge in [-0.1, -0.05) is 6.07 Å². The zero-order valence-electron chi connectivity index (χ0n) is 9.27. The molecule has 1 aliphatic rings. The third-order valence-corrected chi connectivity index (χ3v) is 3.21. The average molecular weight is 300 g/mol. The summed E-state index contributed by atoms with van der Waals surface area (Å²) in [7, 11) is 2.63. The van der Waals surface area contributed by atoms with Crippen LogP contribution >= 0.6 is 15.9 Å². The molecule has 0 fully saturated rings. The van der Waals surface area contributed by atoms with Gasteiger partial charge < -0.3 is 9.47 Å². The Morgan fingerprint density at radius 2 is 2.12 bits per heavy atom.